The fraction of sp³-hybridized carbons (Fsp3) is 1.00. The van der Waals surface area contributed by atoms with Crippen molar-refractivity contribution >= 4 is 0 Å². The highest BCUT2D eigenvalue weighted by atomic mass is 15.3. The lowest BCUT2D eigenvalue weighted by Crippen LogP contribution is -2.61. The Morgan fingerprint density at radius 3 is 2.11 bits per heavy atom. The summed E-state index contributed by atoms with van der Waals surface area (Å²) < 4.78 is 0. The first-order valence-electron chi connectivity index (χ1n) is 8.32. The molecule has 2 fully saturated rings. The van der Waals surface area contributed by atoms with E-state index in [1.54, 1.807) is 0 Å². The van der Waals surface area contributed by atoms with Gasteiger partial charge < -0.3 is 4.90 Å². The number of hydrogen-bond donors (Lipinski definition) is 2. The van der Waals surface area contributed by atoms with Gasteiger partial charge in [-0.3, -0.25) is 11.3 Å². The molecule has 0 aromatic rings. The molecule has 0 aromatic carbocycles. The van der Waals surface area contributed by atoms with E-state index in [1.807, 2.05) is 0 Å². The average molecular weight is 267 g/mol. The Morgan fingerprint density at radius 2 is 1.63 bits per heavy atom. The Morgan fingerprint density at radius 1 is 1.05 bits per heavy atom. The summed E-state index contributed by atoms with van der Waals surface area (Å²) in [6.45, 7) is 0. The van der Waals surface area contributed by atoms with Gasteiger partial charge in [0.25, 0.3) is 0 Å². The molecule has 1 unspecified atom stereocenters. The molecule has 0 radical (unpaired) electrons. The van der Waals surface area contributed by atoms with Crippen molar-refractivity contribution in [3.05, 3.63) is 0 Å². The normalized spacial score (nSPS) is 26.5. The molecular weight excluding hydrogens is 234 g/mol. The van der Waals surface area contributed by atoms with E-state index in [2.05, 4.69) is 24.4 Å². The maximum Gasteiger partial charge on any atom is 0.0397 e. The lowest BCUT2D eigenvalue weighted by molar-refractivity contribution is 0.0686. The minimum Gasteiger partial charge on any atom is -0.302 e. The maximum atomic E-state index is 5.98. The second-order valence-corrected chi connectivity index (χ2v) is 7.02. The van der Waals surface area contributed by atoms with Gasteiger partial charge in [0.05, 0.1) is 0 Å². The number of nitrogens with one attached hydrogen (secondary N) is 1. The molecule has 0 bridgehead atoms. The lowest BCUT2D eigenvalue weighted by atomic mass is 9.77. The topological polar surface area (TPSA) is 41.3 Å². The van der Waals surface area contributed by atoms with Crippen LogP contribution in [0.5, 0.6) is 0 Å². The standard InChI is InChI=1S/C16H33N3/c1-19(2)16(11-7-3-4-8-12-16)15(18-17)13-14-9-5-6-10-14/h14-15,18H,3-13,17H2,1-2H3. The van der Waals surface area contributed by atoms with Crippen LogP contribution in [0.25, 0.3) is 0 Å². The second kappa shape index (κ2) is 7.05. The van der Waals surface area contributed by atoms with Gasteiger partial charge in [0, 0.05) is 11.6 Å². The van der Waals surface area contributed by atoms with Gasteiger partial charge in [-0.2, -0.15) is 0 Å². The summed E-state index contributed by atoms with van der Waals surface area (Å²) in [7, 11) is 4.51. The number of hydrazine groups is 1. The molecule has 0 saturated heterocycles. The van der Waals surface area contributed by atoms with E-state index in [-0.39, 0.29) is 5.54 Å². The van der Waals surface area contributed by atoms with Gasteiger partial charge in [-0.1, -0.05) is 51.4 Å². The van der Waals surface area contributed by atoms with Gasteiger partial charge in [0.2, 0.25) is 0 Å². The van der Waals surface area contributed by atoms with Crippen molar-refractivity contribution in [1.29, 1.82) is 0 Å². The van der Waals surface area contributed by atoms with Crippen LogP contribution in [0.1, 0.15) is 70.6 Å². The summed E-state index contributed by atoms with van der Waals surface area (Å²) in [6.07, 6.45) is 15.1. The molecule has 0 amide bonds. The van der Waals surface area contributed by atoms with E-state index in [4.69, 9.17) is 5.84 Å². The van der Waals surface area contributed by atoms with Crippen LogP contribution in [-0.4, -0.2) is 30.6 Å². The first-order chi connectivity index (χ1) is 9.19. The van der Waals surface area contributed by atoms with E-state index in [0.717, 1.165) is 5.92 Å². The largest absolute Gasteiger partial charge is 0.302 e. The molecule has 3 nitrogen and oxygen atoms in total. The van der Waals surface area contributed by atoms with Crippen LogP contribution in [0.15, 0.2) is 0 Å². The smallest absolute Gasteiger partial charge is 0.0397 e. The molecule has 3 N–H and O–H groups in total. The lowest BCUT2D eigenvalue weighted by Gasteiger charge is -2.46. The molecule has 2 saturated carbocycles. The average Bonchev–Trinajstić information content (AvgIpc) is 2.78. The highest BCUT2D eigenvalue weighted by Crippen LogP contribution is 2.38. The maximum absolute atomic E-state index is 5.98. The molecule has 19 heavy (non-hydrogen) atoms. The number of likely N-dealkylation sites (N-methyl/N-ethyl adjacent to an activating group) is 1. The van der Waals surface area contributed by atoms with E-state index in [0.29, 0.717) is 6.04 Å². The summed E-state index contributed by atoms with van der Waals surface area (Å²) in [4.78, 5) is 2.47. The Kier molecular flexibility index (Phi) is 5.67. The monoisotopic (exact) mass is 267 g/mol. The fourth-order valence-electron chi connectivity index (χ4n) is 4.47. The van der Waals surface area contributed by atoms with Crippen LogP contribution in [0.3, 0.4) is 0 Å². The van der Waals surface area contributed by atoms with E-state index in [9.17, 15) is 0 Å². The summed E-state index contributed by atoms with van der Waals surface area (Å²) in [5.74, 6) is 6.88. The van der Waals surface area contributed by atoms with Crippen molar-refractivity contribution in [3.63, 3.8) is 0 Å². The van der Waals surface area contributed by atoms with Crippen molar-refractivity contribution in [1.82, 2.24) is 10.3 Å². The number of nitrogens with zero attached hydrogens (tertiary/aromatic N) is 1. The highest BCUT2D eigenvalue weighted by Gasteiger charge is 2.41. The molecule has 2 aliphatic carbocycles. The number of rotatable bonds is 5. The molecule has 112 valence electrons. The zero-order chi connectivity index (χ0) is 13.7. The Hall–Kier alpha value is -0.120. The van der Waals surface area contributed by atoms with Crippen molar-refractivity contribution in [3.8, 4) is 0 Å². The van der Waals surface area contributed by atoms with Crippen LogP contribution >= 0.6 is 0 Å². The third kappa shape index (κ3) is 3.50. The molecule has 0 aliphatic heterocycles. The van der Waals surface area contributed by atoms with Crippen LogP contribution in [0, 0.1) is 5.92 Å². The number of nitrogens with two attached hydrogens (primary N) is 1. The predicted molar refractivity (Wildman–Crippen MR) is 81.8 cm³/mol. The van der Waals surface area contributed by atoms with Gasteiger partial charge in [-0.05, 0) is 39.3 Å². The predicted octanol–water partition coefficient (Wildman–Crippen LogP) is 3.05. The van der Waals surface area contributed by atoms with Gasteiger partial charge in [-0.15, -0.1) is 0 Å². The van der Waals surface area contributed by atoms with Gasteiger partial charge in [-0.25, -0.2) is 0 Å². The van der Waals surface area contributed by atoms with E-state index >= 15 is 0 Å². The second-order valence-electron chi connectivity index (χ2n) is 7.02. The van der Waals surface area contributed by atoms with Crippen LogP contribution < -0.4 is 11.3 Å². The Labute approximate surface area is 119 Å². The molecular formula is C16H33N3. The van der Waals surface area contributed by atoms with Crippen molar-refractivity contribution in [2.45, 2.75) is 82.2 Å². The van der Waals surface area contributed by atoms with Gasteiger partial charge in [0.1, 0.15) is 0 Å². The molecule has 1 atom stereocenters. The van der Waals surface area contributed by atoms with Crippen LogP contribution in [0.2, 0.25) is 0 Å². The minimum atomic E-state index is 0.286. The van der Waals surface area contributed by atoms with Crippen LogP contribution in [-0.2, 0) is 0 Å². The summed E-state index contributed by atoms with van der Waals surface area (Å²) >= 11 is 0. The Bertz CT molecular complexity index is 251. The van der Waals surface area contributed by atoms with Gasteiger partial charge in [0.15, 0.2) is 0 Å². The van der Waals surface area contributed by atoms with Crippen molar-refractivity contribution in [2.24, 2.45) is 11.8 Å². The van der Waals surface area contributed by atoms with Crippen LogP contribution in [0.4, 0.5) is 0 Å². The quantitative estimate of drug-likeness (QED) is 0.457. The first kappa shape index (κ1) is 15.3. The minimum absolute atomic E-state index is 0.286. The zero-order valence-electron chi connectivity index (χ0n) is 13.0. The molecule has 2 rings (SSSR count). The summed E-state index contributed by atoms with van der Waals surface area (Å²) in [5, 5.41) is 0. The zero-order valence-corrected chi connectivity index (χ0v) is 13.0. The third-order valence-corrected chi connectivity index (χ3v) is 5.75. The number of hydrogen-bond acceptors (Lipinski definition) is 3. The molecule has 3 heteroatoms. The molecule has 2 aliphatic rings. The summed E-state index contributed by atoms with van der Waals surface area (Å²) in [5.41, 5.74) is 3.49. The molecule has 0 aromatic heterocycles. The SMILES string of the molecule is CN(C)C1(C(CC2CCCC2)NN)CCCCCC1. The molecule has 0 spiro atoms. The van der Waals surface area contributed by atoms with Crippen molar-refractivity contribution in [2.75, 3.05) is 14.1 Å². The fourth-order valence-corrected chi connectivity index (χ4v) is 4.47. The third-order valence-electron chi connectivity index (χ3n) is 5.75. The van der Waals surface area contributed by atoms with Gasteiger partial charge >= 0.3 is 0 Å². The summed E-state index contributed by atoms with van der Waals surface area (Å²) in [6, 6.07) is 0.462. The van der Waals surface area contributed by atoms with Crippen molar-refractivity contribution < 1.29 is 0 Å². The molecule has 0 heterocycles. The first-order valence-corrected chi connectivity index (χ1v) is 8.32. The van der Waals surface area contributed by atoms with E-state index in [1.165, 1.54) is 70.6 Å². The van der Waals surface area contributed by atoms with E-state index < -0.39 is 0 Å². The highest BCUT2D eigenvalue weighted by molar-refractivity contribution is 5.00. The Balaban J connectivity index is 2.08.